The van der Waals surface area contributed by atoms with Crippen LogP contribution in [0.15, 0.2) is 39.8 Å². The normalized spacial score (nSPS) is 21.4. The van der Waals surface area contributed by atoms with Gasteiger partial charge in [0.2, 0.25) is 0 Å². The Labute approximate surface area is 123 Å². The van der Waals surface area contributed by atoms with Crippen LogP contribution in [0.5, 0.6) is 0 Å². The molecule has 1 aliphatic heterocycles. The van der Waals surface area contributed by atoms with Gasteiger partial charge < -0.3 is 4.55 Å². The second-order valence-electron chi connectivity index (χ2n) is 5.89. The van der Waals surface area contributed by atoms with E-state index >= 15 is 0 Å². The van der Waals surface area contributed by atoms with Gasteiger partial charge in [0.15, 0.2) is 0 Å². The van der Waals surface area contributed by atoms with Gasteiger partial charge in [-0.3, -0.25) is 5.01 Å². The fourth-order valence-corrected chi connectivity index (χ4v) is 2.53. The lowest BCUT2D eigenvalue weighted by Crippen LogP contribution is -2.26. The highest BCUT2D eigenvalue weighted by Crippen LogP contribution is 2.28. The molecule has 1 aromatic rings. The summed E-state index contributed by atoms with van der Waals surface area (Å²) in [6.45, 7) is 5.74. The third kappa shape index (κ3) is 3.61. The number of benzene rings is 1. The van der Waals surface area contributed by atoms with E-state index in [1.54, 1.807) is 6.21 Å². The van der Waals surface area contributed by atoms with Crippen LogP contribution in [-0.2, 0) is 11.4 Å². The lowest BCUT2D eigenvalue weighted by molar-refractivity contribution is 0.290. The minimum Gasteiger partial charge on any atom is -0.591 e. The van der Waals surface area contributed by atoms with Gasteiger partial charge in [0.25, 0.3) is 0 Å². The van der Waals surface area contributed by atoms with Crippen LogP contribution in [0.2, 0.25) is 0 Å². The Balaban J connectivity index is 2.03. The number of hydrazone groups is 1. The minimum absolute atomic E-state index is 0.237. The number of hydrogen-bond donors (Lipinski definition) is 0. The second kappa shape index (κ2) is 5.97. The first-order valence-electron chi connectivity index (χ1n) is 6.69. The first-order chi connectivity index (χ1) is 9.38. The van der Waals surface area contributed by atoms with Crippen molar-refractivity contribution in [3.05, 3.63) is 35.9 Å². The summed E-state index contributed by atoms with van der Waals surface area (Å²) in [5.74, 6) is 0. The van der Waals surface area contributed by atoms with Crippen LogP contribution in [-0.4, -0.2) is 33.3 Å². The topological polar surface area (TPSA) is 51.0 Å². The highest BCUT2D eigenvalue weighted by atomic mass is 32.2. The average molecular weight is 291 g/mol. The van der Waals surface area contributed by atoms with Crippen LogP contribution in [0.4, 0.5) is 0 Å². The molecule has 0 N–H and O–H groups in total. The summed E-state index contributed by atoms with van der Waals surface area (Å²) in [6, 6.07) is 10.5. The molecule has 0 fully saturated rings. The van der Waals surface area contributed by atoms with Crippen LogP contribution in [0, 0.1) is 0 Å². The molecule has 20 heavy (non-hydrogen) atoms. The van der Waals surface area contributed by atoms with Gasteiger partial charge in [0.1, 0.15) is 22.3 Å². The summed E-state index contributed by atoms with van der Waals surface area (Å²) in [5.41, 5.74) is 2.11. The van der Waals surface area contributed by atoms with Crippen LogP contribution in [0.3, 0.4) is 0 Å². The summed E-state index contributed by atoms with van der Waals surface area (Å²) in [6.07, 6.45) is 2.45. The van der Waals surface area contributed by atoms with Gasteiger partial charge in [0.05, 0.1) is 11.8 Å². The standard InChI is InChI=1S/C15H21N3OS/c1-15(2,3)20(19)16-11-13-10-14(18(4)17-13)12-8-6-5-7-9-12/h5-9,11,14H,10H2,1-4H3/b16-11+/t14?,20-/m0/s1. The molecule has 0 spiro atoms. The van der Waals surface area contributed by atoms with Crippen molar-refractivity contribution in [2.45, 2.75) is 38.0 Å². The fraction of sp³-hybridized carbons (Fsp3) is 0.467. The Kier molecular flexibility index (Phi) is 4.50. The van der Waals surface area contributed by atoms with Crippen LogP contribution in [0.1, 0.15) is 38.8 Å². The van der Waals surface area contributed by atoms with Crippen LogP contribution >= 0.6 is 0 Å². The second-order valence-corrected chi connectivity index (χ2v) is 7.83. The van der Waals surface area contributed by atoms with Gasteiger partial charge in [-0.1, -0.05) is 34.7 Å². The highest BCUT2D eigenvalue weighted by molar-refractivity contribution is 7.91. The molecule has 4 nitrogen and oxygen atoms in total. The predicted octanol–water partition coefficient (Wildman–Crippen LogP) is 2.95. The monoisotopic (exact) mass is 291 g/mol. The van der Waals surface area contributed by atoms with Crippen LogP contribution in [0.25, 0.3) is 0 Å². The largest absolute Gasteiger partial charge is 0.591 e. The van der Waals surface area contributed by atoms with Gasteiger partial charge in [-0.05, 0) is 26.3 Å². The Morgan fingerprint density at radius 2 is 2.00 bits per heavy atom. The number of rotatable bonds is 3. The first kappa shape index (κ1) is 15.1. The molecular formula is C15H21N3OS. The van der Waals surface area contributed by atoms with E-state index in [1.807, 2.05) is 51.0 Å². The van der Waals surface area contributed by atoms with Crippen molar-refractivity contribution < 1.29 is 4.55 Å². The third-order valence-corrected chi connectivity index (χ3v) is 4.49. The molecule has 0 bridgehead atoms. The molecule has 5 heteroatoms. The van der Waals surface area contributed by atoms with Gasteiger partial charge in [0, 0.05) is 13.5 Å². The van der Waals surface area contributed by atoms with Gasteiger partial charge in [-0.15, -0.1) is 0 Å². The molecule has 2 atom stereocenters. The van der Waals surface area contributed by atoms with E-state index in [4.69, 9.17) is 0 Å². The van der Waals surface area contributed by atoms with Crippen LogP contribution < -0.4 is 0 Å². The molecule has 1 aromatic carbocycles. The van der Waals surface area contributed by atoms with E-state index in [0.717, 1.165) is 12.1 Å². The maximum atomic E-state index is 11.9. The number of hydrogen-bond acceptors (Lipinski definition) is 4. The van der Waals surface area contributed by atoms with Crippen molar-refractivity contribution in [1.29, 1.82) is 0 Å². The minimum atomic E-state index is -1.23. The van der Waals surface area contributed by atoms with Gasteiger partial charge in [-0.2, -0.15) is 5.10 Å². The molecule has 2 rings (SSSR count). The van der Waals surface area contributed by atoms with Crippen molar-refractivity contribution in [3.8, 4) is 0 Å². The summed E-state index contributed by atoms with van der Waals surface area (Å²) in [4.78, 5) is 0. The summed E-state index contributed by atoms with van der Waals surface area (Å²) < 4.78 is 15.7. The smallest absolute Gasteiger partial charge is 0.144 e. The Bertz CT molecular complexity index is 508. The SMILES string of the molecule is CN1N=C(/C=N/[S@@+]([O-])C(C)(C)C)CC1c1ccccc1. The van der Waals surface area contributed by atoms with Crippen molar-refractivity contribution in [2.24, 2.45) is 9.50 Å². The molecule has 0 saturated heterocycles. The fourth-order valence-electron chi connectivity index (χ4n) is 2.00. The van der Waals surface area contributed by atoms with E-state index in [9.17, 15) is 4.55 Å². The molecule has 108 valence electrons. The van der Waals surface area contributed by atoms with Crippen molar-refractivity contribution in [3.63, 3.8) is 0 Å². The molecule has 0 amide bonds. The van der Waals surface area contributed by atoms with Crippen molar-refractivity contribution in [2.75, 3.05) is 7.05 Å². The molecule has 0 aliphatic carbocycles. The molecule has 0 saturated carbocycles. The molecule has 1 unspecified atom stereocenters. The molecule has 0 aromatic heterocycles. The summed E-state index contributed by atoms with van der Waals surface area (Å²) in [7, 11) is 1.96. The Morgan fingerprint density at radius 3 is 2.60 bits per heavy atom. The third-order valence-electron chi connectivity index (χ3n) is 3.15. The zero-order valence-electron chi connectivity index (χ0n) is 12.4. The van der Waals surface area contributed by atoms with Crippen molar-refractivity contribution in [1.82, 2.24) is 5.01 Å². The van der Waals surface area contributed by atoms with E-state index < -0.39 is 11.4 Å². The average Bonchev–Trinajstić information content (AvgIpc) is 2.77. The highest BCUT2D eigenvalue weighted by Gasteiger charge is 2.28. The Hall–Kier alpha value is -1.33. The maximum Gasteiger partial charge on any atom is 0.144 e. The lowest BCUT2D eigenvalue weighted by atomic mass is 10.0. The molecule has 1 aliphatic rings. The molecule has 1 heterocycles. The maximum absolute atomic E-state index is 11.9. The van der Waals surface area contributed by atoms with E-state index in [0.29, 0.717) is 0 Å². The quantitative estimate of drug-likeness (QED) is 0.635. The zero-order valence-corrected chi connectivity index (χ0v) is 13.2. The van der Waals surface area contributed by atoms with Gasteiger partial charge >= 0.3 is 0 Å². The van der Waals surface area contributed by atoms with E-state index in [2.05, 4.69) is 21.6 Å². The Morgan fingerprint density at radius 1 is 1.35 bits per heavy atom. The van der Waals surface area contributed by atoms with E-state index in [1.165, 1.54) is 5.56 Å². The summed E-state index contributed by atoms with van der Waals surface area (Å²) in [5, 5.41) is 6.41. The number of nitrogens with zero attached hydrogens (tertiary/aromatic N) is 3. The predicted molar refractivity (Wildman–Crippen MR) is 85.4 cm³/mol. The van der Waals surface area contributed by atoms with E-state index in [-0.39, 0.29) is 10.8 Å². The zero-order chi connectivity index (χ0) is 14.8. The first-order valence-corrected chi connectivity index (χ1v) is 7.80. The summed E-state index contributed by atoms with van der Waals surface area (Å²) >= 11 is -1.23. The lowest BCUT2D eigenvalue weighted by Gasteiger charge is -2.18. The molecular weight excluding hydrogens is 270 g/mol. The molecule has 0 radical (unpaired) electrons. The van der Waals surface area contributed by atoms with Crippen molar-refractivity contribution >= 4 is 23.3 Å². The van der Waals surface area contributed by atoms with Gasteiger partial charge in [-0.25, -0.2) is 0 Å².